The summed E-state index contributed by atoms with van der Waals surface area (Å²) in [7, 11) is 3.15. The molecule has 0 fully saturated rings. The van der Waals surface area contributed by atoms with E-state index >= 15 is 0 Å². The molecule has 1 amide bonds. The van der Waals surface area contributed by atoms with Crippen molar-refractivity contribution in [2.45, 2.75) is 19.4 Å². The summed E-state index contributed by atoms with van der Waals surface area (Å²) < 4.78 is 4.97. The highest BCUT2D eigenvalue weighted by Gasteiger charge is 2.33. The molecule has 0 bridgehead atoms. The van der Waals surface area contributed by atoms with Gasteiger partial charge in [-0.3, -0.25) is 4.79 Å². The maximum absolute atomic E-state index is 12.4. The number of thiophene rings is 1. The average molecular weight is 416 g/mol. The SMILES string of the molecule is COC(=O)C1=C(C)N(C)C(=S)N[C@@H]1c1cccc(NC(=O)Cc2cccs2)c1. The Balaban J connectivity index is 1.86. The fourth-order valence-electron chi connectivity index (χ4n) is 3.03. The number of nitrogens with zero attached hydrogens (tertiary/aromatic N) is 1. The third-order valence-electron chi connectivity index (χ3n) is 4.58. The summed E-state index contributed by atoms with van der Waals surface area (Å²) in [6.45, 7) is 1.83. The minimum Gasteiger partial charge on any atom is -0.466 e. The van der Waals surface area contributed by atoms with Gasteiger partial charge in [0.1, 0.15) is 0 Å². The predicted molar refractivity (Wildman–Crippen MR) is 114 cm³/mol. The van der Waals surface area contributed by atoms with Crippen molar-refractivity contribution in [3.8, 4) is 0 Å². The van der Waals surface area contributed by atoms with Crippen LogP contribution in [0.1, 0.15) is 23.4 Å². The average Bonchev–Trinajstić information content (AvgIpc) is 3.18. The summed E-state index contributed by atoms with van der Waals surface area (Å²) in [6, 6.07) is 10.8. The fraction of sp³-hybridized carbons (Fsp3) is 0.250. The Morgan fingerprint density at radius 3 is 2.79 bits per heavy atom. The fourth-order valence-corrected chi connectivity index (χ4v) is 3.99. The normalized spacial score (nSPS) is 16.6. The van der Waals surface area contributed by atoms with Gasteiger partial charge in [-0.2, -0.15) is 0 Å². The van der Waals surface area contributed by atoms with Crippen LogP contribution in [-0.4, -0.2) is 36.0 Å². The van der Waals surface area contributed by atoms with Crippen molar-refractivity contribution >= 4 is 46.2 Å². The highest BCUT2D eigenvalue weighted by Crippen LogP contribution is 2.31. The van der Waals surface area contributed by atoms with Gasteiger partial charge in [-0.1, -0.05) is 18.2 Å². The van der Waals surface area contributed by atoms with Crippen LogP contribution >= 0.6 is 23.6 Å². The number of benzene rings is 1. The number of rotatable bonds is 5. The summed E-state index contributed by atoms with van der Waals surface area (Å²) in [5.41, 5.74) is 2.69. The molecule has 8 heteroatoms. The van der Waals surface area contributed by atoms with Crippen LogP contribution in [0.15, 0.2) is 53.0 Å². The molecule has 6 nitrogen and oxygen atoms in total. The third kappa shape index (κ3) is 4.23. The van der Waals surface area contributed by atoms with E-state index in [1.165, 1.54) is 7.11 Å². The topological polar surface area (TPSA) is 70.7 Å². The lowest BCUT2D eigenvalue weighted by molar-refractivity contribution is -0.136. The van der Waals surface area contributed by atoms with Crippen molar-refractivity contribution in [2.75, 3.05) is 19.5 Å². The number of nitrogens with one attached hydrogen (secondary N) is 2. The lowest BCUT2D eigenvalue weighted by atomic mass is 9.95. The summed E-state index contributed by atoms with van der Waals surface area (Å²) in [6.07, 6.45) is 0.324. The molecule has 0 spiro atoms. The molecule has 2 aromatic rings. The maximum atomic E-state index is 12.4. The van der Waals surface area contributed by atoms with Crippen LogP contribution in [-0.2, 0) is 20.7 Å². The molecule has 0 saturated carbocycles. The summed E-state index contributed by atoms with van der Waals surface area (Å²) in [4.78, 5) is 27.4. The standard InChI is InChI=1S/C20H21N3O3S2/c1-12-17(19(25)26-3)18(22-20(27)23(12)2)13-6-4-7-14(10-13)21-16(24)11-15-8-5-9-28-15/h4-10,18H,11H2,1-3H3,(H,21,24)(H,22,27)/t18-/m1/s1. The highest BCUT2D eigenvalue weighted by molar-refractivity contribution is 7.80. The minimum atomic E-state index is -0.453. The van der Waals surface area contributed by atoms with E-state index in [9.17, 15) is 9.59 Å². The van der Waals surface area contributed by atoms with Gasteiger partial charge in [0.25, 0.3) is 0 Å². The van der Waals surface area contributed by atoms with Crippen molar-refractivity contribution in [3.05, 3.63) is 63.5 Å². The summed E-state index contributed by atoms with van der Waals surface area (Å²) in [5, 5.41) is 8.56. The van der Waals surface area contributed by atoms with Crippen LogP contribution in [0.5, 0.6) is 0 Å². The van der Waals surface area contributed by atoms with Gasteiger partial charge >= 0.3 is 5.97 Å². The van der Waals surface area contributed by atoms with Crippen LogP contribution in [0, 0.1) is 0 Å². The Kier molecular flexibility index (Phi) is 6.11. The Bertz CT molecular complexity index is 938. The lowest BCUT2D eigenvalue weighted by Gasteiger charge is -2.35. The smallest absolute Gasteiger partial charge is 0.337 e. The molecule has 1 aliphatic rings. The zero-order valence-electron chi connectivity index (χ0n) is 15.8. The molecule has 0 aliphatic carbocycles. The van der Waals surface area contributed by atoms with E-state index in [2.05, 4.69) is 10.6 Å². The number of allylic oxidation sites excluding steroid dienone is 1. The molecule has 0 saturated heterocycles. The van der Waals surface area contributed by atoms with Crippen LogP contribution in [0.4, 0.5) is 5.69 Å². The molecule has 2 N–H and O–H groups in total. The zero-order chi connectivity index (χ0) is 20.3. The van der Waals surface area contributed by atoms with E-state index in [1.54, 1.807) is 23.3 Å². The number of methoxy groups -OCH3 is 1. The number of hydrogen-bond donors (Lipinski definition) is 2. The van der Waals surface area contributed by atoms with Crippen LogP contribution in [0.25, 0.3) is 0 Å². The molecule has 1 aromatic heterocycles. The van der Waals surface area contributed by atoms with Gasteiger partial charge < -0.3 is 20.3 Å². The highest BCUT2D eigenvalue weighted by atomic mass is 32.1. The van der Waals surface area contributed by atoms with Crippen molar-refractivity contribution in [1.29, 1.82) is 0 Å². The minimum absolute atomic E-state index is 0.0913. The zero-order valence-corrected chi connectivity index (χ0v) is 17.4. The van der Waals surface area contributed by atoms with E-state index < -0.39 is 12.0 Å². The molecule has 1 aliphatic heterocycles. The number of amides is 1. The Labute approximate surface area is 173 Å². The first-order chi connectivity index (χ1) is 13.4. The van der Waals surface area contributed by atoms with Gasteiger partial charge in [-0.25, -0.2) is 4.79 Å². The first-order valence-corrected chi connectivity index (χ1v) is 9.95. The van der Waals surface area contributed by atoms with Crippen LogP contribution < -0.4 is 10.6 Å². The van der Waals surface area contributed by atoms with Crippen molar-refractivity contribution in [2.24, 2.45) is 0 Å². The Morgan fingerprint density at radius 1 is 1.32 bits per heavy atom. The molecule has 146 valence electrons. The predicted octanol–water partition coefficient (Wildman–Crippen LogP) is 3.24. The van der Waals surface area contributed by atoms with Gasteiger partial charge in [-0.05, 0) is 48.3 Å². The molecular weight excluding hydrogens is 394 g/mol. The first kappa shape index (κ1) is 20.0. The third-order valence-corrected chi connectivity index (χ3v) is 5.85. The van der Waals surface area contributed by atoms with E-state index in [0.717, 1.165) is 16.1 Å². The van der Waals surface area contributed by atoms with Gasteiger partial charge in [-0.15, -0.1) is 11.3 Å². The molecule has 28 heavy (non-hydrogen) atoms. The molecule has 3 rings (SSSR count). The molecule has 0 unspecified atom stereocenters. The van der Waals surface area contributed by atoms with E-state index in [0.29, 0.717) is 22.8 Å². The Hall–Kier alpha value is -2.71. The number of hydrogen-bond acceptors (Lipinski definition) is 5. The second-order valence-corrected chi connectivity index (χ2v) is 7.78. The van der Waals surface area contributed by atoms with Gasteiger partial charge in [0, 0.05) is 23.3 Å². The van der Waals surface area contributed by atoms with Crippen LogP contribution in [0.3, 0.4) is 0 Å². The number of anilines is 1. The molecule has 0 radical (unpaired) electrons. The van der Waals surface area contributed by atoms with E-state index in [1.807, 2.05) is 48.7 Å². The lowest BCUT2D eigenvalue weighted by Crippen LogP contribution is -2.46. The largest absolute Gasteiger partial charge is 0.466 e. The van der Waals surface area contributed by atoms with Crippen molar-refractivity contribution < 1.29 is 14.3 Å². The van der Waals surface area contributed by atoms with Crippen LogP contribution in [0.2, 0.25) is 0 Å². The number of esters is 1. The number of carbonyl (C=O) groups is 2. The second-order valence-electron chi connectivity index (χ2n) is 6.36. The monoisotopic (exact) mass is 415 g/mol. The van der Waals surface area contributed by atoms with Crippen molar-refractivity contribution in [1.82, 2.24) is 10.2 Å². The Morgan fingerprint density at radius 2 is 2.11 bits per heavy atom. The molecular formula is C20H21N3O3S2. The summed E-state index contributed by atoms with van der Waals surface area (Å²) >= 11 is 6.93. The molecule has 1 aromatic carbocycles. The van der Waals surface area contributed by atoms with E-state index in [-0.39, 0.29) is 5.91 Å². The van der Waals surface area contributed by atoms with Crippen molar-refractivity contribution in [3.63, 3.8) is 0 Å². The van der Waals surface area contributed by atoms with E-state index in [4.69, 9.17) is 17.0 Å². The van der Waals surface area contributed by atoms with Gasteiger partial charge in [0.05, 0.1) is 25.1 Å². The quantitative estimate of drug-likeness (QED) is 0.577. The first-order valence-electron chi connectivity index (χ1n) is 8.66. The maximum Gasteiger partial charge on any atom is 0.337 e. The molecule has 2 heterocycles. The second kappa shape index (κ2) is 8.53. The van der Waals surface area contributed by atoms with Gasteiger partial charge in [0.2, 0.25) is 5.91 Å². The molecule has 1 atom stereocenters. The number of ether oxygens (including phenoxy) is 1. The van der Waals surface area contributed by atoms with Gasteiger partial charge in [0.15, 0.2) is 5.11 Å². The summed E-state index contributed by atoms with van der Waals surface area (Å²) in [5.74, 6) is -0.511. The number of carbonyl (C=O) groups excluding carboxylic acids is 2. The number of thiocarbonyl (C=S) groups is 1.